The van der Waals surface area contributed by atoms with Gasteiger partial charge in [-0.3, -0.25) is 0 Å². The highest BCUT2D eigenvalue weighted by atomic mass is 32.1. The number of thiol groups is 1. The molecule has 0 aliphatic heterocycles. The zero-order valence-electron chi connectivity index (χ0n) is 11.1. The molecule has 0 aromatic heterocycles. The van der Waals surface area contributed by atoms with Gasteiger partial charge >= 0.3 is 0 Å². The van der Waals surface area contributed by atoms with Gasteiger partial charge in [0, 0.05) is 13.7 Å². The Bertz CT molecular complexity index is 133. The number of hydrogen-bond acceptors (Lipinski definition) is 3. The summed E-state index contributed by atoms with van der Waals surface area (Å²) in [6.07, 6.45) is 9.52. The van der Waals surface area contributed by atoms with Crippen LogP contribution in [0.4, 0.5) is 0 Å². The molecule has 98 valence electrons. The molecule has 3 heteroatoms. The lowest BCUT2D eigenvalue weighted by Gasteiger charge is -2.15. The largest absolute Gasteiger partial charge is 0.383 e. The first kappa shape index (κ1) is 16.3. The lowest BCUT2D eigenvalue weighted by atomic mass is 10.1. The number of unbranched alkanes of at least 4 members (excludes halogenated alkanes) is 6. The summed E-state index contributed by atoms with van der Waals surface area (Å²) >= 11 is 4.21. The second kappa shape index (κ2) is 13.3. The molecule has 16 heavy (non-hydrogen) atoms. The van der Waals surface area contributed by atoms with Crippen LogP contribution in [0.2, 0.25) is 0 Å². The van der Waals surface area contributed by atoms with Crippen molar-refractivity contribution >= 4 is 12.6 Å². The quantitative estimate of drug-likeness (QED) is 0.420. The van der Waals surface area contributed by atoms with E-state index in [1.54, 1.807) is 7.11 Å². The van der Waals surface area contributed by atoms with E-state index < -0.39 is 0 Å². The van der Waals surface area contributed by atoms with Crippen LogP contribution in [0.1, 0.15) is 44.9 Å². The normalized spacial score (nSPS) is 11.2. The number of hydrogen-bond donors (Lipinski definition) is 1. The molecule has 0 radical (unpaired) electrons. The second-order valence-corrected chi connectivity index (χ2v) is 4.94. The molecule has 0 bridgehead atoms. The van der Waals surface area contributed by atoms with E-state index >= 15 is 0 Å². The van der Waals surface area contributed by atoms with E-state index in [1.165, 1.54) is 51.5 Å². The van der Waals surface area contributed by atoms with E-state index in [2.05, 4.69) is 24.6 Å². The van der Waals surface area contributed by atoms with E-state index in [4.69, 9.17) is 4.74 Å². The molecule has 0 unspecified atom stereocenters. The zero-order chi connectivity index (χ0) is 12.1. The van der Waals surface area contributed by atoms with Gasteiger partial charge in [0.2, 0.25) is 0 Å². The fourth-order valence-electron chi connectivity index (χ4n) is 1.74. The van der Waals surface area contributed by atoms with Crippen LogP contribution in [0.25, 0.3) is 0 Å². The van der Waals surface area contributed by atoms with Gasteiger partial charge in [0.1, 0.15) is 0 Å². The van der Waals surface area contributed by atoms with Crippen LogP contribution >= 0.6 is 12.6 Å². The second-order valence-electron chi connectivity index (χ2n) is 4.49. The average molecular weight is 247 g/mol. The van der Waals surface area contributed by atoms with Crippen molar-refractivity contribution in [2.24, 2.45) is 0 Å². The number of rotatable bonds is 12. The van der Waals surface area contributed by atoms with E-state index in [0.717, 1.165) is 18.9 Å². The average Bonchev–Trinajstić information content (AvgIpc) is 2.30. The first-order valence-corrected chi connectivity index (χ1v) is 7.23. The van der Waals surface area contributed by atoms with E-state index in [1.807, 2.05) is 0 Å². The van der Waals surface area contributed by atoms with Crippen molar-refractivity contribution < 1.29 is 4.74 Å². The van der Waals surface area contributed by atoms with Gasteiger partial charge in [-0.05, 0) is 32.2 Å². The Balaban J connectivity index is 3.02. The molecule has 0 heterocycles. The summed E-state index contributed by atoms with van der Waals surface area (Å²) in [4.78, 5) is 2.35. The smallest absolute Gasteiger partial charge is 0.0589 e. The molecule has 0 saturated carbocycles. The maximum Gasteiger partial charge on any atom is 0.0589 e. The Labute approximate surface area is 107 Å². The molecular formula is C13H29NOS. The zero-order valence-corrected chi connectivity index (χ0v) is 12.0. The fraction of sp³-hybridized carbons (Fsp3) is 1.00. The first-order chi connectivity index (χ1) is 7.81. The van der Waals surface area contributed by atoms with E-state index in [0.29, 0.717) is 0 Å². The van der Waals surface area contributed by atoms with Crippen molar-refractivity contribution in [3.63, 3.8) is 0 Å². The molecule has 0 atom stereocenters. The van der Waals surface area contributed by atoms with Crippen LogP contribution in [0, 0.1) is 0 Å². The van der Waals surface area contributed by atoms with Crippen molar-refractivity contribution in [3.05, 3.63) is 0 Å². The molecule has 2 nitrogen and oxygen atoms in total. The van der Waals surface area contributed by atoms with Crippen molar-refractivity contribution in [3.8, 4) is 0 Å². The molecular weight excluding hydrogens is 218 g/mol. The lowest BCUT2D eigenvalue weighted by molar-refractivity contribution is 0.160. The van der Waals surface area contributed by atoms with Gasteiger partial charge in [-0.1, -0.05) is 32.1 Å². The molecule has 0 spiro atoms. The minimum Gasteiger partial charge on any atom is -0.383 e. The predicted octanol–water partition coefficient (Wildman–Crippen LogP) is 3.23. The molecule has 0 fully saturated rings. The number of nitrogens with zero attached hydrogens (tertiary/aromatic N) is 1. The Hall–Kier alpha value is 0.270. The van der Waals surface area contributed by atoms with Crippen LogP contribution in [0.15, 0.2) is 0 Å². The van der Waals surface area contributed by atoms with Gasteiger partial charge < -0.3 is 9.64 Å². The Morgan fingerprint density at radius 3 is 2.00 bits per heavy atom. The van der Waals surface area contributed by atoms with Crippen LogP contribution in [-0.4, -0.2) is 44.5 Å². The maximum atomic E-state index is 5.05. The SMILES string of the molecule is COCCN(C)CCCCCCCCCS. The van der Waals surface area contributed by atoms with Gasteiger partial charge in [0.15, 0.2) is 0 Å². The number of methoxy groups -OCH3 is 1. The monoisotopic (exact) mass is 247 g/mol. The molecule has 0 aromatic rings. The van der Waals surface area contributed by atoms with E-state index in [-0.39, 0.29) is 0 Å². The molecule has 0 amide bonds. The third-order valence-electron chi connectivity index (χ3n) is 2.88. The fourth-order valence-corrected chi connectivity index (χ4v) is 1.96. The third-order valence-corrected chi connectivity index (χ3v) is 3.19. The molecule has 0 saturated heterocycles. The van der Waals surface area contributed by atoms with Gasteiger partial charge in [-0.2, -0.15) is 12.6 Å². The van der Waals surface area contributed by atoms with Crippen molar-refractivity contribution in [2.75, 3.05) is 39.6 Å². The standard InChI is InChI=1S/C13H29NOS/c1-14(11-12-15-2)10-8-6-4-3-5-7-9-13-16/h16H,3-13H2,1-2H3. The van der Waals surface area contributed by atoms with Gasteiger partial charge in [-0.25, -0.2) is 0 Å². The molecule has 0 aliphatic carbocycles. The number of ether oxygens (including phenoxy) is 1. The van der Waals surface area contributed by atoms with Crippen molar-refractivity contribution in [2.45, 2.75) is 44.9 Å². The lowest BCUT2D eigenvalue weighted by Crippen LogP contribution is -2.23. The van der Waals surface area contributed by atoms with Crippen LogP contribution in [0.5, 0.6) is 0 Å². The van der Waals surface area contributed by atoms with Gasteiger partial charge in [0.25, 0.3) is 0 Å². The highest BCUT2D eigenvalue weighted by Gasteiger charge is 1.97. The summed E-state index contributed by atoms with van der Waals surface area (Å²) in [6, 6.07) is 0. The summed E-state index contributed by atoms with van der Waals surface area (Å²) in [6.45, 7) is 3.11. The molecule has 0 aliphatic rings. The summed E-state index contributed by atoms with van der Waals surface area (Å²) in [5.74, 6) is 1.05. The highest BCUT2D eigenvalue weighted by molar-refractivity contribution is 7.80. The van der Waals surface area contributed by atoms with E-state index in [9.17, 15) is 0 Å². The number of likely N-dealkylation sites (N-methyl/N-ethyl adjacent to an activating group) is 1. The predicted molar refractivity (Wildman–Crippen MR) is 75.5 cm³/mol. The van der Waals surface area contributed by atoms with Crippen LogP contribution < -0.4 is 0 Å². The topological polar surface area (TPSA) is 12.5 Å². The Morgan fingerprint density at radius 1 is 0.875 bits per heavy atom. The maximum absolute atomic E-state index is 5.05. The molecule has 0 rings (SSSR count). The molecule has 0 aromatic carbocycles. The Morgan fingerprint density at radius 2 is 1.44 bits per heavy atom. The van der Waals surface area contributed by atoms with Crippen molar-refractivity contribution in [1.82, 2.24) is 4.90 Å². The van der Waals surface area contributed by atoms with Gasteiger partial charge in [-0.15, -0.1) is 0 Å². The first-order valence-electron chi connectivity index (χ1n) is 6.59. The highest BCUT2D eigenvalue weighted by Crippen LogP contribution is 2.07. The minimum absolute atomic E-state index is 0.847. The van der Waals surface area contributed by atoms with Crippen LogP contribution in [-0.2, 0) is 4.74 Å². The summed E-state index contributed by atoms with van der Waals surface area (Å²) in [7, 11) is 3.93. The summed E-state index contributed by atoms with van der Waals surface area (Å²) in [5, 5.41) is 0. The van der Waals surface area contributed by atoms with Gasteiger partial charge in [0.05, 0.1) is 6.61 Å². The summed E-state index contributed by atoms with van der Waals surface area (Å²) < 4.78 is 5.05. The van der Waals surface area contributed by atoms with Crippen LogP contribution in [0.3, 0.4) is 0 Å². The van der Waals surface area contributed by atoms with Crippen molar-refractivity contribution in [1.29, 1.82) is 0 Å². The third kappa shape index (κ3) is 12.3. The minimum atomic E-state index is 0.847. The molecule has 0 N–H and O–H groups in total. The summed E-state index contributed by atoms with van der Waals surface area (Å²) in [5.41, 5.74) is 0. The Kier molecular flexibility index (Phi) is 13.6.